The highest BCUT2D eigenvalue weighted by Crippen LogP contribution is 2.25. The van der Waals surface area contributed by atoms with Gasteiger partial charge in [-0.2, -0.15) is 0 Å². The Labute approximate surface area is 115 Å². The van der Waals surface area contributed by atoms with Crippen molar-refractivity contribution in [1.29, 1.82) is 0 Å². The molecule has 1 atom stereocenters. The molecule has 1 rings (SSSR count). The maximum absolute atomic E-state index is 12.2. The van der Waals surface area contributed by atoms with Gasteiger partial charge in [-0.25, -0.2) is 13.1 Å². The van der Waals surface area contributed by atoms with E-state index in [1.807, 2.05) is 20.9 Å². The van der Waals surface area contributed by atoms with Crippen LogP contribution in [0.1, 0.15) is 25.8 Å². The summed E-state index contributed by atoms with van der Waals surface area (Å²) in [6.07, 6.45) is 0.735. The highest BCUT2D eigenvalue weighted by atomic mass is 32.2. The molecular formula is C13H22N2O3S. The lowest BCUT2D eigenvalue weighted by Gasteiger charge is -2.15. The van der Waals surface area contributed by atoms with Crippen LogP contribution in [0.2, 0.25) is 0 Å². The first-order valence-electron chi connectivity index (χ1n) is 6.28. The summed E-state index contributed by atoms with van der Waals surface area (Å²) in [5, 5.41) is 3.01. The van der Waals surface area contributed by atoms with E-state index in [0.717, 1.165) is 12.0 Å². The Morgan fingerprint density at radius 2 is 2.05 bits per heavy atom. The summed E-state index contributed by atoms with van der Waals surface area (Å²) >= 11 is 0. The van der Waals surface area contributed by atoms with E-state index >= 15 is 0 Å². The van der Waals surface area contributed by atoms with Crippen LogP contribution in [0.25, 0.3) is 0 Å². The van der Waals surface area contributed by atoms with E-state index in [0.29, 0.717) is 12.3 Å². The number of methoxy groups -OCH3 is 1. The van der Waals surface area contributed by atoms with Crippen LogP contribution in [-0.4, -0.2) is 28.6 Å². The van der Waals surface area contributed by atoms with E-state index in [1.54, 1.807) is 18.2 Å². The third-order valence-corrected chi connectivity index (χ3v) is 4.50. The Hall–Kier alpha value is -1.11. The normalized spacial score (nSPS) is 13.3. The molecule has 0 saturated heterocycles. The summed E-state index contributed by atoms with van der Waals surface area (Å²) in [5.74, 6) is 0.364. The van der Waals surface area contributed by atoms with Crippen molar-refractivity contribution in [3.8, 4) is 5.75 Å². The zero-order valence-electron chi connectivity index (χ0n) is 11.9. The van der Waals surface area contributed by atoms with Gasteiger partial charge in [0.15, 0.2) is 0 Å². The van der Waals surface area contributed by atoms with Gasteiger partial charge in [-0.15, -0.1) is 0 Å². The number of sulfonamides is 1. The predicted octanol–water partition coefficient (Wildman–Crippen LogP) is 1.49. The second-order valence-electron chi connectivity index (χ2n) is 4.45. The average molecular weight is 286 g/mol. The average Bonchev–Trinajstić information content (AvgIpc) is 2.38. The topological polar surface area (TPSA) is 67.4 Å². The van der Waals surface area contributed by atoms with Gasteiger partial charge >= 0.3 is 0 Å². The Balaban J connectivity index is 3.12. The highest BCUT2D eigenvalue weighted by molar-refractivity contribution is 7.89. The molecule has 0 aromatic heterocycles. The van der Waals surface area contributed by atoms with Crippen molar-refractivity contribution in [1.82, 2.24) is 10.0 Å². The van der Waals surface area contributed by atoms with Crippen molar-refractivity contribution >= 4 is 10.0 Å². The Kier molecular flexibility index (Phi) is 5.78. The second kappa shape index (κ2) is 6.88. The summed E-state index contributed by atoms with van der Waals surface area (Å²) in [4.78, 5) is 0.176. The smallest absolute Gasteiger partial charge is 0.244 e. The maximum atomic E-state index is 12.2. The SMILES string of the molecule is CCC(C)NS(=O)(=O)c1ccc(CNC)cc1OC. The van der Waals surface area contributed by atoms with E-state index in [9.17, 15) is 8.42 Å². The van der Waals surface area contributed by atoms with Gasteiger partial charge in [0.05, 0.1) is 7.11 Å². The number of nitrogens with one attached hydrogen (secondary N) is 2. The predicted molar refractivity (Wildman–Crippen MR) is 75.8 cm³/mol. The fourth-order valence-electron chi connectivity index (χ4n) is 1.66. The Morgan fingerprint density at radius 3 is 2.58 bits per heavy atom. The molecule has 1 unspecified atom stereocenters. The van der Waals surface area contributed by atoms with Gasteiger partial charge < -0.3 is 10.1 Å². The van der Waals surface area contributed by atoms with Crippen LogP contribution in [-0.2, 0) is 16.6 Å². The number of ether oxygens (including phenoxy) is 1. The lowest BCUT2D eigenvalue weighted by Crippen LogP contribution is -2.32. The zero-order valence-corrected chi connectivity index (χ0v) is 12.7. The monoisotopic (exact) mass is 286 g/mol. The Bertz CT molecular complexity index is 515. The first kappa shape index (κ1) is 15.9. The van der Waals surface area contributed by atoms with Gasteiger partial charge in [-0.1, -0.05) is 13.0 Å². The van der Waals surface area contributed by atoms with Crippen molar-refractivity contribution in [3.05, 3.63) is 23.8 Å². The molecule has 1 aromatic carbocycles. The quantitative estimate of drug-likeness (QED) is 0.797. The Morgan fingerprint density at radius 1 is 1.37 bits per heavy atom. The second-order valence-corrected chi connectivity index (χ2v) is 6.13. The molecule has 5 nitrogen and oxygen atoms in total. The van der Waals surface area contributed by atoms with Crippen LogP contribution in [0.3, 0.4) is 0 Å². The van der Waals surface area contributed by atoms with Crippen molar-refractivity contribution in [2.75, 3.05) is 14.2 Å². The van der Waals surface area contributed by atoms with Crippen LogP contribution >= 0.6 is 0 Å². The number of benzene rings is 1. The molecule has 0 aliphatic heterocycles. The van der Waals surface area contributed by atoms with E-state index in [1.165, 1.54) is 7.11 Å². The van der Waals surface area contributed by atoms with E-state index in [2.05, 4.69) is 10.0 Å². The molecule has 108 valence electrons. The minimum atomic E-state index is -3.54. The summed E-state index contributed by atoms with van der Waals surface area (Å²) in [7, 11) is -0.234. The van der Waals surface area contributed by atoms with E-state index in [-0.39, 0.29) is 10.9 Å². The van der Waals surface area contributed by atoms with Gasteiger partial charge in [-0.05, 0) is 38.1 Å². The van der Waals surface area contributed by atoms with Gasteiger partial charge in [0.25, 0.3) is 0 Å². The molecule has 0 amide bonds. The highest BCUT2D eigenvalue weighted by Gasteiger charge is 2.21. The molecule has 0 aliphatic carbocycles. The first-order valence-corrected chi connectivity index (χ1v) is 7.76. The molecule has 0 aliphatic rings. The summed E-state index contributed by atoms with van der Waals surface area (Å²) < 4.78 is 32.3. The van der Waals surface area contributed by atoms with Crippen molar-refractivity contribution in [3.63, 3.8) is 0 Å². The lowest BCUT2D eigenvalue weighted by atomic mass is 10.2. The molecule has 0 heterocycles. The standard InChI is InChI=1S/C13H22N2O3S/c1-5-10(2)15-19(16,17)13-7-6-11(9-14-3)8-12(13)18-4/h6-8,10,14-15H,5,9H2,1-4H3. The fourth-order valence-corrected chi connectivity index (χ4v) is 3.14. The van der Waals surface area contributed by atoms with Crippen LogP contribution in [0.15, 0.2) is 23.1 Å². The first-order chi connectivity index (χ1) is 8.94. The van der Waals surface area contributed by atoms with Crippen molar-refractivity contribution in [2.24, 2.45) is 0 Å². The molecule has 0 saturated carbocycles. The molecule has 19 heavy (non-hydrogen) atoms. The summed E-state index contributed by atoms with van der Waals surface area (Å²) in [5.41, 5.74) is 0.974. The molecule has 2 N–H and O–H groups in total. The summed E-state index contributed by atoms with van der Waals surface area (Å²) in [6, 6.07) is 4.99. The van der Waals surface area contributed by atoms with Crippen LogP contribution < -0.4 is 14.8 Å². The molecule has 1 aromatic rings. The van der Waals surface area contributed by atoms with Crippen LogP contribution in [0, 0.1) is 0 Å². The zero-order chi connectivity index (χ0) is 14.5. The van der Waals surface area contributed by atoms with Crippen molar-refractivity contribution in [2.45, 2.75) is 37.8 Å². The summed E-state index contributed by atoms with van der Waals surface area (Å²) in [6.45, 7) is 4.43. The van der Waals surface area contributed by atoms with Gasteiger partial charge in [0.2, 0.25) is 10.0 Å². The fraction of sp³-hybridized carbons (Fsp3) is 0.538. The van der Waals surface area contributed by atoms with Gasteiger partial charge in [0.1, 0.15) is 10.6 Å². The minimum Gasteiger partial charge on any atom is -0.495 e. The molecule has 0 bridgehead atoms. The molecule has 6 heteroatoms. The molecule has 0 radical (unpaired) electrons. The minimum absolute atomic E-state index is 0.105. The van der Waals surface area contributed by atoms with Gasteiger partial charge in [0, 0.05) is 12.6 Å². The van der Waals surface area contributed by atoms with E-state index < -0.39 is 10.0 Å². The number of hydrogen-bond donors (Lipinski definition) is 2. The van der Waals surface area contributed by atoms with E-state index in [4.69, 9.17) is 4.74 Å². The molecular weight excluding hydrogens is 264 g/mol. The third-order valence-electron chi connectivity index (χ3n) is 2.87. The van der Waals surface area contributed by atoms with Crippen molar-refractivity contribution < 1.29 is 13.2 Å². The molecule has 0 fully saturated rings. The molecule has 0 spiro atoms. The largest absolute Gasteiger partial charge is 0.495 e. The maximum Gasteiger partial charge on any atom is 0.244 e. The van der Waals surface area contributed by atoms with Gasteiger partial charge in [-0.3, -0.25) is 0 Å². The van der Waals surface area contributed by atoms with Crippen LogP contribution in [0.4, 0.5) is 0 Å². The number of rotatable bonds is 7. The van der Waals surface area contributed by atoms with Crippen LogP contribution in [0.5, 0.6) is 5.75 Å². The number of hydrogen-bond acceptors (Lipinski definition) is 4. The third kappa shape index (κ3) is 4.19. The lowest BCUT2D eigenvalue weighted by molar-refractivity contribution is 0.401.